The Hall–Kier alpha value is -1.65. The molecule has 2 heterocycles. The van der Waals surface area contributed by atoms with Crippen molar-refractivity contribution in [3.8, 4) is 0 Å². The number of hydrogen-bond donors (Lipinski definition) is 1. The second-order valence-corrected chi connectivity index (χ2v) is 5.75. The average Bonchev–Trinajstić information content (AvgIpc) is 2.41. The van der Waals surface area contributed by atoms with E-state index < -0.39 is 0 Å². The normalized spacial score (nSPS) is 16.5. The molecule has 0 radical (unpaired) electrons. The summed E-state index contributed by atoms with van der Waals surface area (Å²) in [6, 6.07) is 1.86. The number of anilines is 1. The van der Waals surface area contributed by atoms with Crippen LogP contribution in [-0.4, -0.2) is 34.9 Å². The van der Waals surface area contributed by atoms with Gasteiger partial charge in [0.05, 0.1) is 11.9 Å². The Kier molecular flexibility index (Phi) is 4.93. The van der Waals surface area contributed by atoms with Crippen molar-refractivity contribution >= 4 is 11.6 Å². The van der Waals surface area contributed by atoms with E-state index in [-0.39, 0.29) is 17.8 Å². The van der Waals surface area contributed by atoms with Gasteiger partial charge >= 0.3 is 0 Å². The van der Waals surface area contributed by atoms with E-state index in [1.807, 2.05) is 4.90 Å². The molecule has 1 amide bonds. The topological polar surface area (TPSA) is 45.2 Å². The van der Waals surface area contributed by atoms with Crippen molar-refractivity contribution in [3.05, 3.63) is 24.3 Å². The van der Waals surface area contributed by atoms with Gasteiger partial charge < -0.3 is 10.2 Å². The van der Waals surface area contributed by atoms with Crippen molar-refractivity contribution in [2.75, 3.05) is 18.4 Å². The van der Waals surface area contributed by atoms with E-state index in [9.17, 15) is 9.18 Å². The molecule has 1 aliphatic heterocycles. The first-order chi connectivity index (χ1) is 9.56. The maximum absolute atomic E-state index is 13.5. The molecule has 5 heteroatoms. The van der Waals surface area contributed by atoms with Gasteiger partial charge in [-0.25, -0.2) is 4.39 Å². The van der Waals surface area contributed by atoms with Gasteiger partial charge in [0, 0.05) is 31.7 Å². The third-order valence-electron chi connectivity index (χ3n) is 3.56. The number of rotatable bonds is 4. The van der Waals surface area contributed by atoms with Gasteiger partial charge in [-0.1, -0.05) is 13.8 Å². The summed E-state index contributed by atoms with van der Waals surface area (Å²) in [5, 5.41) is 3.20. The fourth-order valence-electron chi connectivity index (χ4n) is 2.46. The molecule has 0 unspecified atom stereocenters. The van der Waals surface area contributed by atoms with Crippen LogP contribution in [0.25, 0.3) is 0 Å². The van der Waals surface area contributed by atoms with E-state index in [1.54, 1.807) is 12.3 Å². The number of nitrogens with zero attached hydrogens (tertiary/aromatic N) is 2. The highest BCUT2D eigenvalue weighted by Crippen LogP contribution is 2.19. The van der Waals surface area contributed by atoms with Crippen LogP contribution in [0.2, 0.25) is 0 Å². The van der Waals surface area contributed by atoms with Gasteiger partial charge in [0.2, 0.25) is 5.91 Å². The number of carbonyl (C=O) groups is 1. The number of carbonyl (C=O) groups excluding carboxylic acids is 1. The highest BCUT2D eigenvalue weighted by molar-refractivity contribution is 5.76. The number of halogens is 1. The molecule has 1 saturated heterocycles. The van der Waals surface area contributed by atoms with Gasteiger partial charge in [-0.05, 0) is 24.8 Å². The van der Waals surface area contributed by atoms with E-state index in [2.05, 4.69) is 24.1 Å². The Morgan fingerprint density at radius 2 is 2.20 bits per heavy atom. The van der Waals surface area contributed by atoms with Crippen LogP contribution in [0.1, 0.15) is 33.1 Å². The lowest BCUT2D eigenvalue weighted by Crippen LogP contribution is -2.42. The molecule has 0 spiro atoms. The second-order valence-electron chi connectivity index (χ2n) is 5.75. The standard InChI is InChI=1S/C15H22FN3O/c1-11(2)9-15(20)19-7-4-12(5-8-19)18-14-3-6-17-10-13(14)16/h3,6,10-12H,4-5,7-9H2,1-2H3,(H,17,18). The molecule has 2 rings (SSSR count). The molecule has 0 aromatic carbocycles. The molecule has 20 heavy (non-hydrogen) atoms. The zero-order valence-electron chi connectivity index (χ0n) is 12.1. The number of aromatic nitrogens is 1. The Morgan fingerprint density at radius 3 is 2.80 bits per heavy atom. The van der Waals surface area contributed by atoms with Crippen molar-refractivity contribution in [3.63, 3.8) is 0 Å². The van der Waals surface area contributed by atoms with Crippen LogP contribution >= 0.6 is 0 Å². The quantitative estimate of drug-likeness (QED) is 0.921. The highest BCUT2D eigenvalue weighted by Gasteiger charge is 2.23. The number of amides is 1. The summed E-state index contributed by atoms with van der Waals surface area (Å²) in [5.74, 6) is 0.295. The largest absolute Gasteiger partial charge is 0.380 e. The average molecular weight is 279 g/mol. The smallest absolute Gasteiger partial charge is 0.222 e. The van der Waals surface area contributed by atoms with Crippen molar-refractivity contribution < 1.29 is 9.18 Å². The first-order valence-corrected chi connectivity index (χ1v) is 7.20. The molecule has 0 bridgehead atoms. The summed E-state index contributed by atoms with van der Waals surface area (Å²) in [5.41, 5.74) is 0.493. The van der Waals surface area contributed by atoms with Crippen molar-refractivity contribution in [2.45, 2.75) is 39.2 Å². The number of nitrogens with one attached hydrogen (secondary N) is 1. The molecule has 1 fully saturated rings. The first-order valence-electron chi connectivity index (χ1n) is 7.20. The molecule has 1 aromatic heterocycles. The predicted octanol–water partition coefficient (Wildman–Crippen LogP) is 2.67. The minimum Gasteiger partial charge on any atom is -0.380 e. The minimum atomic E-state index is -0.328. The number of hydrogen-bond acceptors (Lipinski definition) is 3. The molecular formula is C15H22FN3O. The van der Waals surface area contributed by atoms with Gasteiger partial charge in [-0.3, -0.25) is 9.78 Å². The van der Waals surface area contributed by atoms with Gasteiger partial charge in [0.25, 0.3) is 0 Å². The van der Waals surface area contributed by atoms with Crippen LogP contribution in [0, 0.1) is 11.7 Å². The van der Waals surface area contributed by atoms with Crippen LogP contribution in [0.5, 0.6) is 0 Å². The zero-order chi connectivity index (χ0) is 14.5. The van der Waals surface area contributed by atoms with Gasteiger partial charge in [-0.15, -0.1) is 0 Å². The van der Waals surface area contributed by atoms with Gasteiger partial charge in [0.15, 0.2) is 5.82 Å². The van der Waals surface area contributed by atoms with E-state index in [0.717, 1.165) is 25.9 Å². The monoisotopic (exact) mass is 279 g/mol. The Labute approximate surface area is 119 Å². The molecule has 1 N–H and O–H groups in total. The molecule has 0 atom stereocenters. The SMILES string of the molecule is CC(C)CC(=O)N1CCC(Nc2ccncc2F)CC1. The third kappa shape index (κ3) is 3.92. The van der Waals surface area contributed by atoms with Gasteiger partial charge in [-0.2, -0.15) is 0 Å². The van der Waals surface area contributed by atoms with E-state index in [0.29, 0.717) is 18.0 Å². The molecule has 110 valence electrons. The van der Waals surface area contributed by atoms with Crippen LogP contribution in [0.3, 0.4) is 0 Å². The zero-order valence-corrected chi connectivity index (χ0v) is 12.1. The fourth-order valence-corrected chi connectivity index (χ4v) is 2.46. The summed E-state index contributed by atoms with van der Waals surface area (Å²) in [6.07, 6.45) is 5.10. The predicted molar refractivity (Wildman–Crippen MR) is 76.9 cm³/mol. The maximum Gasteiger partial charge on any atom is 0.222 e. The van der Waals surface area contributed by atoms with Crippen molar-refractivity contribution in [1.82, 2.24) is 9.88 Å². The fraction of sp³-hybridized carbons (Fsp3) is 0.600. The molecular weight excluding hydrogens is 257 g/mol. The lowest BCUT2D eigenvalue weighted by molar-refractivity contribution is -0.132. The molecule has 4 nitrogen and oxygen atoms in total. The second kappa shape index (κ2) is 6.68. The third-order valence-corrected chi connectivity index (χ3v) is 3.56. The van der Waals surface area contributed by atoms with E-state index in [4.69, 9.17) is 0 Å². The molecule has 1 aliphatic rings. The summed E-state index contributed by atoms with van der Waals surface area (Å²) < 4.78 is 13.5. The lowest BCUT2D eigenvalue weighted by Gasteiger charge is -2.33. The first kappa shape index (κ1) is 14.8. The van der Waals surface area contributed by atoms with Crippen molar-refractivity contribution in [1.29, 1.82) is 0 Å². The maximum atomic E-state index is 13.5. The van der Waals surface area contributed by atoms with Crippen molar-refractivity contribution in [2.24, 2.45) is 5.92 Å². The Bertz CT molecular complexity index is 456. The minimum absolute atomic E-state index is 0.218. The van der Waals surface area contributed by atoms with Crippen LogP contribution in [0.15, 0.2) is 18.5 Å². The molecule has 1 aromatic rings. The Morgan fingerprint density at radius 1 is 1.50 bits per heavy atom. The van der Waals surface area contributed by atoms with Crippen LogP contribution in [0.4, 0.5) is 10.1 Å². The molecule has 0 saturated carbocycles. The van der Waals surface area contributed by atoms with E-state index >= 15 is 0 Å². The van der Waals surface area contributed by atoms with Crippen LogP contribution < -0.4 is 5.32 Å². The summed E-state index contributed by atoms with van der Waals surface area (Å²) in [7, 11) is 0. The van der Waals surface area contributed by atoms with Crippen LogP contribution in [-0.2, 0) is 4.79 Å². The summed E-state index contributed by atoms with van der Waals surface area (Å²) in [6.45, 7) is 5.60. The lowest BCUT2D eigenvalue weighted by atomic mass is 10.0. The van der Waals surface area contributed by atoms with Gasteiger partial charge in [0.1, 0.15) is 0 Å². The van der Waals surface area contributed by atoms with E-state index in [1.165, 1.54) is 6.20 Å². The Balaban J connectivity index is 1.83. The summed E-state index contributed by atoms with van der Waals surface area (Å²) >= 11 is 0. The molecule has 0 aliphatic carbocycles. The number of pyridine rings is 1. The summed E-state index contributed by atoms with van der Waals surface area (Å²) in [4.78, 5) is 17.6. The highest BCUT2D eigenvalue weighted by atomic mass is 19.1. The number of likely N-dealkylation sites (tertiary alicyclic amines) is 1. The number of piperidine rings is 1.